The number of carbonyl (C=O) groups is 4. The van der Waals surface area contributed by atoms with Gasteiger partial charge in [0.2, 0.25) is 17.7 Å². The zero-order valence-electron chi connectivity index (χ0n) is 11.1. The van der Waals surface area contributed by atoms with E-state index < -0.39 is 17.7 Å². The smallest absolute Gasteiger partial charge is 0.246 e. The van der Waals surface area contributed by atoms with Crippen LogP contribution in [-0.4, -0.2) is 56.4 Å². The van der Waals surface area contributed by atoms with E-state index in [1.54, 1.807) is 6.92 Å². The average molecular weight is 273 g/mol. The summed E-state index contributed by atoms with van der Waals surface area (Å²) in [4.78, 5) is 44.1. The molecule has 0 aliphatic heterocycles. The van der Waals surface area contributed by atoms with Crippen LogP contribution in [-0.2, 0) is 23.9 Å². The molecule has 8 nitrogen and oxygen atoms in total. The fourth-order valence-corrected chi connectivity index (χ4v) is 0.952. The third kappa shape index (κ3) is 10.9. The van der Waals surface area contributed by atoms with Crippen LogP contribution in [0.15, 0.2) is 0 Å². The second-order valence-corrected chi connectivity index (χ2v) is 3.67. The van der Waals surface area contributed by atoms with Crippen LogP contribution >= 0.6 is 0 Å². The molecule has 0 unspecified atom stereocenters. The Kier molecular flexibility index (Phi) is 8.98. The summed E-state index contributed by atoms with van der Waals surface area (Å²) in [6.45, 7) is 2.85. The van der Waals surface area contributed by atoms with Crippen molar-refractivity contribution in [1.82, 2.24) is 16.0 Å². The maximum Gasteiger partial charge on any atom is 0.246 e. The first-order valence-corrected chi connectivity index (χ1v) is 5.83. The minimum absolute atomic E-state index is 0.0696. The molecular formula is C11H19N3O5. The molecule has 0 aromatic heterocycles. The number of Topliss-reactive ketones (excluding diaryl/α,β-unsaturated/α-hetero) is 1. The number of rotatable bonds is 9. The molecule has 0 aliphatic rings. The Morgan fingerprint density at radius 2 is 1.32 bits per heavy atom. The summed E-state index contributed by atoms with van der Waals surface area (Å²) in [5, 5.41) is 6.95. The van der Waals surface area contributed by atoms with Gasteiger partial charge in [-0.15, -0.1) is 0 Å². The molecular weight excluding hydrogens is 254 g/mol. The molecule has 0 aromatic rings. The van der Waals surface area contributed by atoms with Crippen LogP contribution in [0.2, 0.25) is 0 Å². The summed E-state index contributed by atoms with van der Waals surface area (Å²) in [5.41, 5.74) is 0. The second kappa shape index (κ2) is 10.0. The van der Waals surface area contributed by atoms with Crippen LogP contribution in [0.25, 0.3) is 0 Å². The van der Waals surface area contributed by atoms with Crippen molar-refractivity contribution in [3.05, 3.63) is 0 Å². The summed E-state index contributed by atoms with van der Waals surface area (Å²) in [6, 6.07) is 0. The highest BCUT2D eigenvalue weighted by molar-refractivity contribution is 5.90. The van der Waals surface area contributed by atoms with Crippen LogP contribution in [0.4, 0.5) is 0 Å². The topological polar surface area (TPSA) is 114 Å². The van der Waals surface area contributed by atoms with Gasteiger partial charge in [-0.2, -0.15) is 0 Å². The van der Waals surface area contributed by atoms with Gasteiger partial charge in [0.15, 0.2) is 0 Å². The summed E-state index contributed by atoms with van der Waals surface area (Å²) in [6.07, 6.45) is 0. The number of hydrogen-bond acceptors (Lipinski definition) is 5. The molecule has 0 spiro atoms. The number of ketones is 1. The van der Waals surface area contributed by atoms with E-state index in [1.807, 2.05) is 0 Å². The standard InChI is InChI=1S/C11H19N3O5/c1-3-19-7-11(18)14-6-10(17)13-5-9(16)12-4-8(2)15/h3-7H2,1-2H3,(H,12,16)(H,13,17)(H,14,18). The van der Waals surface area contributed by atoms with Crippen LogP contribution < -0.4 is 16.0 Å². The molecule has 19 heavy (non-hydrogen) atoms. The SMILES string of the molecule is CCOCC(=O)NCC(=O)NCC(=O)NCC(C)=O. The summed E-state index contributed by atoms with van der Waals surface area (Å²) >= 11 is 0. The predicted octanol–water partition coefficient (Wildman–Crippen LogP) is -2.04. The Morgan fingerprint density at radius 3 is 1.79 bits per heavy atom. The zero-order valence-corrected chi connectivity index (χ0v) is 11.1. The fraction of sp³-hybridized carbons (Fsp3) is 0.636. The number of hydrogen-bond donors (Lipinski definition) is 3. The highest BCUT2D eigenvalue weighted by Crippen LogP contribution is 1.74. The molecule has 0 heterocycles. The molecule has 0 radical (unpaired) electrons. The Bertz CT molecular complexity index is 343. The molecule has 0 fully saturated rings. The molecule has 108 valence electrons. The van der Waals surface area contributed by atoms with Gasteiger partial charge in [0, 0.05) is 6.61 Å². The minimum atomic E-state index is -0.497. The minimum Gasteiger partial charge on any atom is -0.372 e. The third-order valence-corrected chi connectivity index (χ3v) is 1.86. The largest absolute Gasteiger partial charge is 0.372 e. The predicted molar refractivity (Wildman–Crippen MR) is 66.2 cm³/mol. The normalized spacial score (nSPS) is 9.58. The monoisotopic (exact) mass is 273 g/mol. The van der Waals surface area contributed by atoms with E-state index >= 15 is 0 Å². The zero-order chi connectivity index (χ0) is 14.7. The molecule has 0 rings (SSSR count). The van der Waals surface area contributed by atoms with E-state index in [0.29, 0.717) is 6.61 Å². The van der Waals surface area contributed by atoms with E-state index in [1.165, 1.54) is 6.92 Å². The maximum absolute atomic E-state index is 11.3. The molecule has 0 aromatic carbocycles. The Labute approximate surface area is 111 Å². The van der Waals surface area contributed by atoms with Crippen LogP contribution in [0.1, 0.15) is 13.8 Å². The van der Waals surface area contributed by atoms with Gasteiger partial charge in [0.05, 0.1) is 19.6 Å². The molecule has 8 heteroatoms. The lowest BCUT2D eigenvalue weighted by atomic mass is 10.4. The third-order valence-electron chi connectivity index (χ3n) is 1.86. The van der Waals surface area contributed by atoms with Crippen molar-refractivity contribution in [3.63, 3.8) is 0 Å². The van der Waals surface area contributed by atoms with Crippen molar-refractivity contribution in [2.24, 2.45) is 0 Å². The van der Waals surface area contributed by atoms with Crippen LogP contribution in [0.5, 0.6) is 0 Å². The van der Waals surface area contributed by atoms with Gasteiger partial charge in [-0.1, -0.05) is 0 Å². The first kappa shape index (κ1) is 17.0. The fourth-order valence-electron chi connectivity index (χ4n) is 0.952. The highest BCUT2D eigenvalue weighted by Gasteiger charge is 2.07. The summed E-state index contributed by atoms with van der Waals surface area (Å²) in [7, 11) is 0. The number of carbonyl (C=O) groups excluding carboxylic acids is 4. The lowest BCUT2D eigenvalue weighted by Crippen LogP contribution is -2.43. The Balaban J connectivity index is 3.66. The van der Waals surface area contributed by atoms with E-state index in [2.05, 4.69) is 16.0 Å². The highest BCUT2D eigenvalue weighted by atomic mass is 16.5. The summed E-state index contributed by atoms with van der Waals surface area (Å²) in [5.74, 6) is -1.55. The van der Waals surface area contributed by atoms with Gasteiger partial charge in [-0.3, -0.25) is 19.2 Å². The molecule has 0 saturated heterocycles. The molecule has 3 amide bonds. The van der Waals surface area contributed by atoms with E-state index in [0.717, 1.165) is 0 Å². The van der Waals surface area contributed by atoms with Crippen LogP contribution in [0.3, 0.4) is 0 Å². The van der Waals surface area contributed by atoms with Crippen molar-refractivity contribution in [2.75, 3.05) is 32.8 Å². The molecule has 3 N–H and O–H groups in total. The van der Waals surface area contributed by atoms with Crippen molar-refractivity contribution < 1.29 is 23.9 Å². The second-order valence-electron chi connectivity index (χ2n) is 3.67. The number of amides is 3. The van der Waals surface area contributed by atoms with E-state index in [9.17, 15) is 19.2 Å². The molecule has 0 atom stereocenters. The van der Waals surface area contributed by atoms with Gasteiger partial charge in [-0.25, -0.2) is 0 Å². The molecule has 0 saturated carbocycles. The maximum atomic E-state index is 11.3. The quantitative estimate of drug-likeness (QED) is 0.448. The van der Waals surface area contributed by atoms with Gasteiger partial charge >= 0.3 is 0 Å². The lowest BCUT2D eigenvalue weighted by Gasteiger charge is -2.07. The number of nitrogens with one attached hydrogen (secondary N) is 3. The van der Waals surface area contributed by atoms with Gasteiger partial charge in [0.1, 0.15) is 12.4 Å². The first-order chi connectivity index (χ1) is 8.95. The van der Waals surface area contributed by atoms with E-state index in [4.69, 9.17) is 4.74 Å². The first-order valence-electron chi connectivity index (χ1n) is 5.83. The Morgan fingerprint density at radius 1 is 0.842 bits per heavy atom. The summed E-state index contributed by atoms with van der Waals surface area (Å²) < 4.78 is 4.84. The molecule has 0 aliphatic carbocycles. The molecule has 0 bridgehead atoms. The van der Waals surface area contributed by atoms with Crippen molar-refractivity contribution in [3.8, 4) is 0 Å². The average Bonchev–Trinajstić information content (AvgIpc) is 2.37. The van der Waals surface area contributed by atoms with Crippen molar-refractivity contribution in [1.29, 1.82) is 0 Å². The van der Waals surface area contributed by atoms with Gasteiger partial charge in [-0.05, 0) is 13.8 Å². The van der Waals surface area contributed by atoms with Crippen molar-refractivity contribution in [2.45, 2.75) is 13.8 Å². The van der Waals surface area contributed by atoms with E-state index in [-0.39, 0.29) is 32.0 Å². The van der Waals surface area contributed by atoms with Crippen LogP contribution in [0, 0.1) is 0 Å². The van der Waals surface area contributed by atoms with Crippen molar-refractivity contribution >= 4 is 23.5 Å². The van der Waals surface area contributed by atoms with Gasteiger partial charge in [0.25, 0.3) is 0 Å². The lowest BCUT2D eigenvalue weighted by molar-refractivity contribution is -0.129. The van der Waals surface area contributed by atoms with Gasteiger partial charge < -0.3 is 20.7 Å². The Hall–Kier alpha value is -1.96. The number of ether oxygens (including phenoxy) is 1.